The maximum Gasteiger partial charge on any atom is 0.255 e. The maximum absolute atomic E-state index is 12.2. The number of imide groups is 1. The zero-order valence-electron chi connectivity index (χ0n) is 9.48. The Labute approximate surface area is 114 Å². The molecular formula is C12H11IN2O3. The monoisotopic (exact) mass is 358 g/mol. The van der Waals surface area contributed by atoms with Gasteiger partial charge < -0.3 is 4.90 Å². The number of piperidine rings is 1. The SMILES string of the molecule is O=C1CCC(N2CC3=IC=CC=C3C2=O)C(=O)N1. The van der Waals surface area contributed by atoms with Crippen molar-refractivity contribution in [2.24, 2.45) is 0 Å². The molecule has 0 aromatic heterocycles. The summed E-state index contributed by atoms with van der Waals surface area (Å²) in [6.07, 6.45) is 4.48. The molecule has 0 bridgehead atoms. The Kier molecular flexibility index (Phi) is 2.89. The third-order valence-corrected chi connectivity index (χ3v) is 5.66. The van der Waals surface area contributed by atoms with Gasteiger partial charge in [0.2, 0.25) is 11.8 Å². The highest BCUT2D eigenvalue weighted by atomic mass is 127. The third-order valence-electron chi connectivity index (χ3n) is 3.21. The van der Waals surface area contributed by atoms with Gasteiger partial charge in [-0.1, -0.05) is 26.8 Å². The highest BCUT2D eigenvalue weighted by Crippen LogP contribution is 2.28. The van der Waals surface area contributed by atoms with Crippen LogP contribution in [0, 0.1) is 0 Å². The summed E-state index contributed by atoms with van der Waals surface area (Å²) in [5.74, 6) is -0.657. The first kappa shape index (κ1) is 11.8. The first-order valence-corrected chi connectivity index (χ1v) is 8.00. The molecule has 94 valence electrons. The molecule has 3 amide bonds. The van der Waals surface area contributed by atoms with Crippen molar-refractivity contribution in [3.8, 4) is 0 Å². The molecule has 3 heterocycles. The molecule has 0 spiro atoms. The summed E-state index contributed by atoms with van der Waals surface area (Å²) in [7, 11) is 0. The summed E-state index contributed by atoms with van der Waals surface area (Å²) in [4.78, 5) is 36.7. The second kappa shape index (κ2) is 4.42. The molecule has 0 radical (unpaired) electrons. The minimum Gasteiger partial charge on any atom is -0.322 e. The number of likely N-dealkylation sites (tertiary alicyclic amines) is 1. The van der Waals surface area contributed by atoms with Crippen LogP contribution in [-0.4, -0.2) is 38.7 Å². The van der Waals surface area contributed by atoms with Crippen molar-refractivity contribution in [3.05, 3.63) is 21.8 Å². The molecule has 0 aliphatic carbocycles. The fraction of sp³-hybridized carbons (Fsp3) is 0.333. The third kappa shape index (κ3) is 1.84. The largest absolute Gasteiger partial charge is 0.322 e. The minimum atomic E-state index is -0.488. The Morgan fingerprint density at radius 3 is 2.89 bits per heavy atom. The number of hydrogen-bond acceptors (Lipinski definition) is 3. The van der Waals surface area contributed by atoms with Crippen LogP contribution >= 0.6 is 20.7 Å². The number of fused-ring (bicyclic) bond motifs is 1. The minimum absolute atomic E-state index is 0.0662. The standard InChI is InChI=1S/C12H11IN2O3/c16-10-4-3-9(11(17)14-10)15-6-8-7(12(15)18)2-1-5-13-8/h1-2,5,9H,3-4,6H2,(H,14,16,17). The normalized spacial score (nSPS) is 27.2. The van der Waals surface area contributed by atoms with E-state index in [-0.39, 0.29) is 38.5 Å². The van der Waals surface area contributed by atoms with E-state index in [1.807, 2.05) is 12.2 Å². The summed E-state index contributed by atoms with van der Waals surface area (Å²) >= 11 is -0.223. The molecule has 5 nitrogen and oxygen atoms in total. The Balaban J connectivity index is 1.85. The van der Waals surface area contributed by atoms with Gasteiger partial charge in [-0.25, -0.2) is 0 Å². The van der Waals surface area contributed by atoms with E-state index in [2.05, 4.69) is 9.40 Å². The lowest BCUT2D eigenvalue weighted by Gasteiger charge is -2.28. The number of rotatable bonds is 1. The fourth-order valence-electron chi connectivity index (χ4n) is 2.31. The molecule has 3 aliphatic rings. The van der Waals surface area contributed by atoms with E-state index >= 15 is 0 Å². The second-order valence-corrected chi connectivity index (χ2v) is 6.96. The number of nitrogens with one attached hydrogen (secondary N) is 1. The van der Waals surface area contributed by atoms with Crippen LogP contribution in [0.3, 0.4) is 0 Å². The number of carbonyl (C=O) groups excluding carboxylic acids is 3. The van der Waals surface area contributed by atoms with Crippen LogP contribution in [-0.2, 0) is 14.4 Å². The number of allylic oxidation sites excluding steroid dienone is 2. The van der Waals surface area contributed by atoms with Crippen LogP contribution in [0.5, 0.6) is 0 Å². The quantitative estimate of drug-likeness (QED) is 0.539. The average molecular weight is 358 g/mol. The van der Waals surface area contributed by atoms with Crippen molar-refractivity contribution in [2.75, 3.05) is 6.54 Å². The molecule has 2 fully saturated rings. The van der Waals surface area contributed by atoms with Gasteiger partial charge in [-0.05, 0) is 16.6 Å². The Bertz CT molecular complexity index is 548. The van der Waals surface area contributed by atoms with Crippen LogP contribution < -0.4 is 5.32 Å². The maximum atomic E-state index is 12.2. The Morgan fingerprint density at radius 1 is 1.33 bits per heavy atom. The number of halogens is 1. The number of hydrogen-bond donors (Lipinski definition) is 1. The lowest BCUT2D eigenvalue weighted by atomic mass is 10.0. The van der Waals surface area contributed by atoms with E-state index in [0.717, 1.165) is 5.57 Å². The first-order valence-electron chi connectivity index (χ1n) is 5.68. The smallest absolute Gasteiger partial charge is 0.255 e. The van der Waals surface area contributed by atoms with Crippen molar-refractivity contribution >= 4 is 42.0 Å². The van der Waals surface area contributed by atoms with E-state index in [0.29, 0.717) is 19.4 Å². The highest BCUT2D eigenvalue weighted by Gasteiger charge is 2.40. The van der Waals surface area contributed by atoms with Crippen molar-refractivity contribution in [2.45, 2.75) is 18.9 Å². The van der Waals surface area contributed by atoms with Crippen molar-refractivity contribution < 1.29 is 14.4 Å². The average Bonchev–Trinajstić information content (AvgIpc) is 2.68. The zero-order chi connectivity index (χ0) is 12.7. The molecule has 3 aliphatic heterocycles. The van der Waals surface area contributed by atoms with Gasteiger partial charge >= 0.3 is 0 Å². The van der Waals surface area contributed by atoms with Gasteiger partial charge in [0, 0.05) is 9.93 Å². The number of nitrogens with zero attached hydrogens (tertiary/aromatic N) is 1. The fourth-order valence-corrected chi connectivity index (χ4v) is 4.47. The highest BCUT2D eigenvalue weighted by molar-refractivity contribution is 14.2. The summed E-state index contributed by atoms with van der Waals surface area (Å²) in [6, 6.07) is -0.488. The predicted molar refractivity (Wildman–Crippen MR) is 74.1 cm³/mol. The van der Waals surface area contributed by atoms with Crippen LogP contribution in [0.1, 0.15) is 12.8 Å². The molecule has 3 rings (SSSR count). The van der Waals surface area contributed by atoms with E-state index in [4.69, 9.17) is 0 Å². The molecule has 0 saturated carbocycles. The van der Waals surface area contributed by atoms with Gasteiger partial charge in [-0.15, -0.1) is 0 Å². The topological polar surface area (TPSA) is 66.5 Å². The van der Waals surface area contributed by atoms with E-state index in [9.17, 15) is 14.4 Å². The number of amides is 3. The predicted octanol–water partition coefficient (Wildman–Crippen LogP) is 0.231. The van der Waals surface area contributed by atoms with Crippen LogP contribution in [0.15, 0.2) is 21.8 Å². The van der Waals surface area contributed by atoms with Crippen LogP contribution in [0.2, 0.25) is 0 Å². The molecule has 1 unspecified atom stereocenters. The summed E-state index contributed by atoms with van der Waals surface area (Å²) in [5.41, 5.74) is 0.759. The summed E-state index contributed by atoms with van der Waals surface area (Å²) < 4.78 is 3.28. The van der Waals surface area contributed by atoms with Gasteiger partial charge in [0.05, 0.1) is 12.1 Å². The van der Waals surface area contributed by atoms with E-state index < -0.39 is 6.04 Å². The molecule has 0 aromatic rings. The van der Waals surface area contributed by atoms with Crippen LogP contribution in [0.25, 0.3) is 0 Å². The molecule has 0 aromatic carbocycles. The van der Waals surface area contributed by atoms with Gasteiger partial charge in [0.25, 0.3) is 5.91 Å². The van der Waals surface area contributed by atoms with Gasteiger partial charge in [-0.3, -0.25) is 19.7 Å². The van der Waals surface area contributed by atoms with Crippen molar-refractivity contribution in [3.63, 3.8) is 0 Å². The molecule has 18 heavy (non-hydrogen) atoms. The Hall–Kier alpha value is -1.31. The molecule has 1 atom stereocenters. The molecule has 2 saturated heterocycles. The molecule has 1 N–H and O–H groups in total. The first-order chi connectivity index (χ1) is 8.66. The van der Waals surface area contributed by atoms with Gasteiger partial charge in [0.1, 0.15) is 6.04 Å². The van der Waals surface area contributed by atoms with Crippen molar-refractivity contribution in [1.29, 1.82) is 0 Å². The second-order valence-electron chi connectivity index (χ2n) is 4.31. The number of carbonyl (C=O) groups is 3. The summed E-state index contributed by atoms with van der Waals surface area (Å²) in [6.45, 7) is 0.550. The van der Waals surface area contributed by atoms with Crippen molar-refractivity contribution in [1.82, 2.24) is 10.2 Å². The molecule has 6 heteroatoms. The lowest BCUT2D eigenvalue weighted by molar-refractivity contribution is -0.142. The van der Waals surface area contributed by atoms with E-state index in [1.165, 1.54) is 3.51 Å². The zero-order valence-corrected chi connectivity index (χ0v) is 11.6. The van der Waals surface area contributed by atoms with Gasteiger partial charge in [-0.2, -0.15) is 0 Å². The van der Waals surface area contributed by atoms with E-state index in [1.54, 1.807) is 4.90 Å². The Morgan fingerprint density at radius 2 is 2.17 bits per heavy atom. The lowest BCUT2D eigenvalue weighted by Crippen LogP contribution is -2.53. The van der Waals surface area contributed by atoms with Crippen LogP contribution in [0.4, 0.5) is 0 Å². The molecular weight excluding hydrogens is 347 g/mol. The summed E-state index contributed by atoms with van der Waals surface area (Å²) in [5, 5.41) is 2.30. The van der Waals surface area contributed by atoms with Gasteiger partial charge in [0.15, 0.2) is 0 Å².